The number of fused-ring (bicyclic) bond motifs is 1. The van der Waals surface area contributed by atoms with Crippen LogP contribution in [0.1, 0.15) is 46.5 Å². The Morgan fingerprint density at radius 1 is 1.00 bits per heavy atom. The number of amides is 2. The number of nitrogens with one attached hydrogen (secondary N) is 3. The SMILES string of the molecule is NC(=O)c1cc(F)c(N[C@@H]2CCCCC2N)nc1Nc1cnc2c(NC(=O)c3ccccn3)cccc2c1. The van der Waals surface area contributed by atoms with Gasteiger partial charge in [0.05, 0.1) is 28.7 Å². The van der Waals surface area contributed by atoms with E-state index < -0.39 is 11.7 Å². The maximum Gasteiger partial charge on any atom is 0.274 e. The van der Waals surface area contributed by atoms with Crippen LogP contribution >= 0.6 is 0 Å². The summed E-state index contributed by atoms with van der Waals surface area (Å²) in [6, 6.07) is 13.0. The molecule has 38 heavy (non-hydrogen) atoms. The van der Waals surface area contributed by atoms with E-state index in [-0.39, 0.29) is 40.9 Å². The average Bonchev–Trinajstić information content (AvgIpc) is 2.92. The number of hydrogen-bond donors (Lipinski definition) is 5. The number of para-hydroxylation sites is 1. The van der Waals surface area contributed by atoms with Gasteiger partial charge in [0, 0.05) is 23.7 Å². The number of aromatic nitrogens is 3. The Morgan fingerprint density at radius 3 is 2.61 bits per heavy atom. The van der Waals surface area contributed by atoms with Crippen LogP contribution in [0.5, 0.6) is 0 Å². The highest BCUT2D eigenvalue weighted by Crippen LogP contribution is 2.29. The predicted molar refractivity (Wildman–Crippen MR) is 144 cm³/mol. The molecule has 1 aliphatic carbocycles. The number of primary amides is 1. The summed E-state index contributed by atoms with van der Waals surface area (Å²) in [6.07, 6.45) is 6.74. The molecule has 1 aliphatic rings. The van der Waals surface area contributed by atoms with Crippen LogP contribution in [-0.4, -0.2) is 38.8 Å². The smallest absolute Gasteiger partial charge is 0.274 e. The third-order valence-corrected chi connectivity index (χ3v) is 6.50. The van der Waals surface area contributed by atoms with Gasteiger partial charge in [0.1, 0.15) is 11.5 Å². The van der Waals surface area contributed by atoms with Crippen molar-refractivity contribution in [2.45, 2.75) is 37.8 Å². The van der Waals surface area contributed by atoms with Gasteiger partial charge in [-0.05, 0) is 43.2 Å². The van der Waals surface area contributed by atoms with Crippen molar-refractivity contribution < 1.29 is 14.0 Å². The number of pyridine rings is 3. The highest BCUT2D eigenvalue weighted by Gasteiger charge is 2.24. The van der Waals surface area contributed by atoms with E-state index in [4.69, 9.17) is 11.5 Å². The van der Waals surface area contributed by atoms with E-state index in [1.807, 2.05) is 6.07 Å². The topological polar surface area (TPSA) is 161 Å². The second-order valence-electron chi connectivity index (χ2n) is 9.17. The lowest BCUT2D eigenvalue weighted by atomic mass is 9.91. The van der Waals surface area contributed by atoms with Gasteiger partial charge in [-0.15, -0.1) is 0 Å². The predicted octanol–water partition coefficient (Wildman–Crippen LogP) is 3.94. The second-order valence-corrected chi connectivity index (χ2v) is 9.17. The van der Waals surface area contributed by atoms with Crippen molar-refractivity contribution in [1.82, 2.24) is 15.0 Å². The molecule has 1 fully saturated rings. The van der Waals surface area contributed by atoms with Crippen molar-refractivity contribution in [2.75, 3.05) is 16.0 Å². The quantitative estimate of drug-likeness (QED) is 0.248. The molecule has 0 saturated heterocycles. The third kappa shape index (κ3) is 5.37. The minimum Gasteiger partial charge on any atom is -0.365 e. The van der Waals surface area contributed by atoms with Gasteiger partial charge in [-0.3, -0.25) is 19.6 Å². The zero-order valence-corrected chi connectivity index (χ0v) is 20.4. The summed E-state index contributed by atoms with van der Waals surface area (Å²) in [5.74, 6) is -1.79. The summed E-state index contributed by atoms with van der Waals surface area (Å²) >= 11 is 0. The first kappa shape index (κ1) is 25.0. The molecule has 2 amide bonds. The number of nitrogens with zero attached hydrogens (tertiary/aromatic N) is 3. The fourth-order valence-electron chi connectivity index (χ4n) is 4.54. The van der Waals surface area contributed by atoms with Gasteiger partial charge in [0.2, 0.25) is 0 Å². The Kier molecular flexibility index (Phi) is 7.09. The largest absolute Gasteiger partial charge is 0.365 e. The van der Waals surface area contributed by atoms with Crippen molar-refractivity contribution in [3.05, 3.63) is 78.0 Å². The first-order valence-corrected chi connectivity index (χ1v) is 12.3. The van der Waals surface area contributed by atoms with E-state index >= 15 is 0 Å². The second kappa shape index (κ2) is 10.8. The molecule has 5 rings (SSSR count). The number of rotatable bonds is 7. The van der Waals surface area contributed by atoms with Gasteiger partial charge >= 0.3 is 0 Å². The van der Waals surface area contributed by atoms with Crippen molar-refractivity contribution in [3.8, 4) is 0 Å². The molecular weight excluding hydrogens is 487 g/mol. The number of carbonyl (C=O) groups excluding carboxylic acids is 2. The van der Waals surface area contributed by atoms with Crippen LogP contribution in [0.3, 0.4) is 0 Å². The lowest BCUT2D eigenvalue weighted by molar-refractivity contribution is 0.0997. The highest BCUT2D eigenvalue weighted by atomic mass is 19.1. The van der Waals surface area contributed by atoms with Crippen molar-refractivity contribution in [2.24, 2.45) is 11.5 Å². The normalized spacial score (nSPS) is 17.1. The van der Waals surface area contributed by atoms with Crippen molar-refractivity contribution in [3.63, 3.8) is 0 Å². The maximum absolute atomic E-state index is 14.8. The summed E-state index contributed by atoms with van der Waals surface area (Å²) in [4.78, 5) is 37.6. The van der Waals surface area contributed by atoms with Crippen LogP contribution in [0.25, 0.3) is 10.9 Å². The Morgan fingerprint density at radius 2 is 1.84 bits per heavy atom. The van der Waals surface area contributed by atoms with E-state index in [9.17, 15) is 14.0 Å². The van der Waals surface area contributed by atoms with Gasteiger partial charge in [-0.2, -0.15) is 0 Å². The number of nitrogens with two attached hydrogens (primary N) is 2. The van der Waals surface area contributed by atoms with Gasteiger partial charge < -0.3 is 27.4 Å². The van der Waals surface area contributed by atoms with Crippen molar-refractivity contribution in [1.29, 1.82) is 0 Å². The van der Waals surface area contributed by atoms with Crippen LogP contribution < -0.4 is 27.4 Å². The minimum absolute atomic E-state index is 0.00637. The molecule has 0 spiro atoms. The molecule has 7 N–H and O–H groups in total. The molecule has 0 bridgehead atoms. The molecule has 4 aromatic rings. The zero-order valence-electron chi connectivity index (χ0n) is 20.4. The number of halogens is 1. The Labute approximate surface area is 218 Å². The van der Waals surface area contributed by atoms with E-state index in [1.54, 1.807) is 42.6 Å². The van der Waals surface area contributed by atoms with Gasteiger partial charge in [-0.25, -0.2) is 9.37 Å². The standard InChI is InChI=1S/C27H27FN8O2/c28-18-13-17(24(30)37)25(36-26(18)34-20-8-2-1-7-19(20)29)33-16-12-15-6-5-10-21(23(15)32-14-16)35-27(38)22-9-3-4-11-31-22/h3-6,9-14,19-20H,1-2,7-8,29H2,(H2,30,37)(H,35,38)(H2,33,34,36)/t19?,20-/m1/s1. The molecule has 1 saturated carbocycles. The third-order valence-electron chi connectivity index (χ3n) is 6.50. The molecular formula is C27H27FN8O2. The van der Waals surface area contributed by atoms with Crippen LogP contribution in [-0.2, 0) is 0 Å². The minimum atomic E-state index is -0.826. The van der Waals surface area contributed by atoms with E-state index in [2.05, 4.69) is 30.9 Å². The molecule has 194 valence electrons. The molecule has 1 aromatic carbocycles. The molecule has 0 aliphatic heterocycles. The summed E-state index contributed by atoms with van der Waals surface area (Å²) < 4.78 is 14.8. The number of hydrogen-bond acceptors (Lipinski definition) is 8. The van der Waals surface area contributed by atoms with Gasteiger partial charge in [0.25, 0.3) is 11.8 Å². The molecule has 10 nitrogen and oxygen atoms in total. The summed E-state index contributed by atoms with van der Waals surface area (Å²) in [6.45, 7) is 0. The Bertz CT molecular complexity index is 1500. The lowest BCUT2D eigenvalue weighted by Crippen LogP contribution is -2.43. The molecule has 1 unspecified atom stereocenters. The van der Waals surface area contributed by atoms with Crippen LogP contribution in [0.15, 0.2) is 60.9 Å². The maximum atomic E-state index is 14.8. The fourth-order valence-corrected chi connectivity index (χ4v) is 4.54. The first-order valence-electron chi connectivity index (χ1n) is 12.3. The Hall–Kier alpha value is -4.64. The lowest BCUT2D eigenvalue weighted by Gasteiger charge is -2.30. The van der Waals surface area contributed by atoms with Gasteiger partial charge in [-0.1, -0.05) is 31.0 Å². The van der Waals surface area contributed by atoms with E-state index in [1.165, 1.54) is 6.20 Å². The summed E-state index contributed by atoms with van der Waals surface area (Å²) in [7, 11) is 0. The molecule has 11 heteroatoms. The van der Waals surface area contributed by atoms with Gasteiger partial charge in [0.15, 0.2) is 11.6 Å². The molecule has 2 atom stereocenters. The van der Waals surface area contributed by atoms with E-state index in [0.717, 1.165) is 31.7 Å². The number of carbonyl (C=O) groups is 2. The van der Waals surface area contributed by atoms with Crippen LogP contribution in [0, 0.1) is 5.82 Å². The van der Waals surface area contributed by atoms with Crippen molar-refractivity contribution >= 4 is 45.7 Å². The summed E-state index contributed by atoms with van der Waals surface area (Å²) in [5, 5.41) is 9.68. The fraction of sp³-hybridized carbons (Fsp3) is 0.222. The molecule has 0 radical (unpaired) electrons. The average molecular weight is 515 g/mol. The number of benzene rings is 1. The number of anilines is 4. The zero-order chi connectivity index (χ0) is 26.6. The molecule has 3 heterocycles. The van der Waals surface area contributed by atoms with Crippen LogP contribution in [0.2, 0.25) is 0 Å². The first-order chi connectivity index (χ1) is 18.4. The van der Waals surface area contributed by atoms with E-state index in [0.29, 0.717) is 22.3 Å². The van der Waals surface area contributed by atoms with Crippen LogP contribution in [0.4, 0.5) is 27.4 Å². The highest BCUT2D eigenvalue weighted by molar-refractivity contribution is 6.07. The summed E-state index contributed by atoms with van der Waals surface area (Å²) in [5.41, 5.74) is 13.5. The monoisotopic (exact) mass is 514 g/mol. The Balaban J connectivity index is 1.42. The molecule has 3 aromatic heterocycles.